The lowest BCUT2D eigenvalue weighted by molar-refractivity contribution is -0.178. The second kappa shape index (κ2) is 9.12. The summed E-state index contributed by atoms with van der Waals surface area (Å²) in [6.45, 7) is 10.5. The zero-order chi connectivity index (χ0) is 27.8. The van der Waals surface area contributed by atoms with E-state index in [2.05, 4.69) is 0 Å². The zero-order valence-corrected chi connectivity index (χ0v) is 23.2. The lowest BCUT2D eigenvalue weighted by Crippen LogP contribution is -2.62. The Balaban J connectivity index is 1.60. The number of allylic oxidation sites excluding steroid dienone is 1. The van der Waals surface area contributed by atoms with Gasteiger partial charge in [0.25, 0.3) is 0 Å². The molecule has 4 rings (SSSR count). The third-order valence-electron chi connectivity index (χ3n) is 10.9. The number of fused-ring (bicyclic) bond motifs is 5. The molecule has 0 spiro atoms. The Kier molecular flexibility index (Phi) is 7.07. The quantitative estimate of drug-likeness (QED) is 0.335. The fraction of sp³-hybridized carbons (Fsp3) is 0.862. The summed E-state index contributed by atoms with van der Waals surface area (Å²) < 4.78 is 5.34. The lowest BCUT2D eigenvalue weighted by Gasteiger charge is -2.60. The number of hydrogen-bond acceptors (Lipinski definition) is 8. The van der Waals surface area contributed by atoms with Crippen LogP contribution in [0.5, 0.6) is 0 Å². The van der Waals surface area contributed by atoms with Gasteiger partial charge in [-0.25, -0.2) is 0 Å². The maximum absolute atomic E-state index is 13.3. The van der Waals surface area contributed by atoms with Crippen molar-refractivity contribution in [3.63, 3.8) is 0 Å². The normalized spacial score (nSPS) is 44.1. The second-order valence-corrected chi connectivity index (χ2v) is 13.7. The van der Waals surface area contributed by atoms with Crippen LogP contribution in [0.25, 0.3) is 0 Å². The molecule has 5 N–H and O–H groups in total. The number of aliphatic hydroxyl groups excluding tert-OH is 3. The molecule has 0 saturated heterocycles. The van der Waals surface area contributed by atoms with Gasteiger partial charge in [0, 0.05) is 18.3 Å². The number of carbonyl (C=O) groups is 2. The van der Waals surface area contributed by atoms with Crippen molar-refractivity contribution in [3.8, 4) is 0 Å². The zero-order valence-electron chi connectivity index (χ0n) is 23.2. The maximum atomic E-state index is 13.3. The van der Waals surface area contributed by atoms with Crippen LogP contribution in [0, 0.1) is 28.6 Å². The molecule has 0 aliphatic heterocycles. The van der Waals surface area contributed by atoms with Crippen molar-refractivity contribution in [1.82, 2.24) is 0 Å². The van der Waals surface area contributed by atoms with Gasteiger partial charge < -0.3 is 30.3 Å². The summed E-state index contributed by atoms with van der Waals surface area (Å²) in [5, 5.41) is 55.9. The van der Waals surface area contributed by atoms with Crippen LogP contribution in [0.2, 0.25) is 0 Å². The topological polar surface area (TPSA) is 145 Å². The standard InChI is InChI=1S/C29H46O8/c1-16(30)37-25(2,3)10-9-24(34)28(6,35)23-8-12-29(36)18-13-20(31)19-14-21(32)22(33)15-26(19,4)17(18)7-11-27(23,29)5/h13,17,19,21-24,32-36H,7-12,14-15H2,1-6H3/t17-,19-,21+,22-,23?,24+,26+,27+,28+,29+/m0/s1. The van der Waals surface area contributed by atoms with Gasteiger partial charge in [-0.05, 0) is 101 Å². The summed E-state index contributed by atoms with van der Waals surface area (Å²) in [6.07, 6.45) is 1.94. The van der Waals surface area contributed by atoms with Gasteiger partial charge in [0.05, 0.1) is 29.5 Å². The van der Waals surface area contributed by atoms with E-state index < -0.39 is 63.8 Å². The van der Waals surface area contributed by atoms with E-state index in [0.29, 0.717) is 44.1 Å². The molecule has 0 aromatic rings. The Bertz CT molecular complexity index is 971. The van der Waals surface area contributed by atoms with Crippen molar-refractivity contribution in [2.24, 2.45) is 28.6 Å². The van der Waals surface area contributed by atoms with Gasteiger partial charge >= 0.3 is 5.97 Å². The molecular formula is C29H46O8. The van der Waals surface area contributed by atoms with Gasteiger partial charge in [-0.3, -0.25) is 9.59 Å². The molecule has 8 nitrogen and oxygen atoms in total. The number of esters is 1. The Labute approximate surface area is 220 Å². The highest BCUT2D eigenvalue weighted by molar-refractivity contribution is 5.95. The van der Waals surface area contributed by atoms with E-state index in [9.17, 15) is 35.1 Å². The van der Waals surface area contributed by atoms with Crippen LogP contribution in [-0.4, -0.2) is 72.4 Å². The van der Waals surface area contributed by atoms with Gasteiger partial charge in [0.2, 0.25) is 0 Å². The highest BCUT2D eigenvalue weighted by Crippen LogP contribution is 2.68. The first-order chi connectivity index (χ1) is 16.9. The third-order valence-corrected chi connectivity index (χ3v) is 10.9. The minimum atomic E-state index is -1.50. The highest BCUT2D eigenvalue weighted by atomic mass is 16.6. The maximum Gasteiger partial charge on any atom is 0.303 e. The third kappa shape index (κ3) is 4.41. The molecule has 4 aliphatic carbocycles. The smallest absolute Gasteiger partial charge is 0.303 e. The summed E-state index contributed by atoms with van der Waals surface area (Å²) in [6, 6.07) is 0. The predicted molar refractivity (Wildman–Crippen MR) is 136 cm³/mol. The van der Waals surface area contributed by atoms with Crippen LogP contribution >= 0.6 is 0 Å². The van der Waals surface area contributed by atoms with Gasteiger partial charge in [-0.1, -0.05) is 13.8 Å². The molecule has 4 aliphatic rings. The van der Waals surface area contributed by atoms with Gasteiger partial charge in [0.15, 0.2) is 5.78 Å². The number of aliphatic hydroxyl groups is 5. The first kappa shape index (κ1) is 28.7. The Morgan fingerprint density at radius 3 is 2.41 bits per heavy atom. The number of hydrogen-bond donors (Lipinski definition) is 5. The van der Waals surface area contributed by atoms with Crippen molar-refractivity contribution in [2.75, 3.05) is 0 Å². The molecule has 210 valence electrons. The molecule has 10 atom stereocenters. The van der Waals surface area contributed by atoms with Gasteiger partial charge in [-0.2, -0.15) is 0 Å². The van der Waals surface area contributed by atoms with Crippen molar-refractivity contribution < 1.29 is 39.9 Å². The van der Waals surface area contributed by atoms with Crippen LogP contribution in [0.3, 0.4) is 0 Å². The fourth-order valence-electron chi connectivity index (χ4n) is 8.76. The van der Waals surface area contributed by atoms with E-state index in [4.69, 9.17) is 4.74 Å². The largest absolute Gasteiger partial charge is 0.460 e. The molecule has 0 heterocycles. The van der Waals surface area contributed by atoms with E-state index in [1.165, 1.54) is 6.92 Å². The SMILES string of the molecule is CC(=O)OC(C)(C)CC[C@@H](O)[C@](C)(O)C1CC[C@@]2(O)C3=CC(=O)[C@@H]4C[C@@H](O)[C@@H](O)C[C@]4(C)[C@H]3CC[C@]12C. The van der Waals surface area contributed by atoms with Crippen LogP contribution in [0.1, 0.15) is 92.9 Å². The number of ketones is 1. The number of ether oxygens (including phenoxy) is 1. The first-order valence-corrected chi connectivity index (χ1v) is 13.8. The molecule has 0 radical (unpaired) electrons. The van der Waals surface area contributed by atoms with Crippen LogP contribution < -0.4 is 0 Å². The van der Waals surface area contributed by atoms with Crippen LogP contribution in [0.4, 0.5) is 0 Å². The molecule has 0 amide bonds. The minimum absolute atomic E-state index is 0.103. The average Bonchev–Trinajstić information content (AvgIpc) is 3.05. The number of rotatable bonds is 6. The molecule has 8 heteroatoms. The first-order valence-electron chi connectivity index (χ1n) is 13.8. The van der Waals surface area contributed by atoms with Crippen molar-refractivity contribution >= 4 is 11.8 Å². The van der Waals surface area contributed by atoms with Crippen LogP contribution in [-0.2, 0) is 14.3 Å². The van der Waals surface area contributed by atoms with E-state index in [1.807, 2.05) is 13.8 Å². The van der Waals surface area contributed by atoms with Gasteiger partial charge in [0.1, 0.15) is 5.60 Å². The summed E-state index contributed by atoms with van der Waals surface area (Å²) in [4.78, 5) is 24.7. The fourth-order valence-corrected chi connectivity index (χ4v) is 8.76. The molecule has 1 unspecified atom stereocenters. The van der Waals surface area contributed by atoms with E-state index in [0.717, 1.165) is 0 Å². The minimum Gasteiger partial charge on any atom is -0.460 e. The summed E-state index contributed by atoms with van der Waals surface area (Å²) in [7, 11) is 0. The monoisotopic (exact) mass is 522 g/mol. The molecular weight excluding hydrogens is 476 g/mol. The molecule has 0 aromatic carbocycles. The predicted octanol–water partition coefficient (Wildman–Crippen LogP) is 2.42. The van der Waals surface area contributed by atoms with E-state index >= 15 is 0 Å². The summed E-state index contributed by atoms with van der Waals surface area (Å²) >= 11 is 0. The Morgan fingerprint density at radius 2 is 1.78 bits per heavy atom. The van der Waals surface area contributed by atoms with E-state index in [1.54, 1.807) is 26.8 Å². The van der Waals surface area contributed by atoms with Gasteiger partial charge in [-0.15, -0.1) is 0 Å². The summed E-state index contributed by atoms with van der Waals surface area (Å²) in [5.41, 5.74) is -4.22. The molecule has 3 fully saturated rings. The van der Waals surface area contributed by atoms with Crippen molar-refractivity contribution in [1.29, 1.82) is 0 Å². The molecule has 0 aromatic heterocycles. The molecule has 3 saturated carbocycles. The average molecular weight is 523 g/mol. The summed E-state index contributed by atoms with van der Waals surface area (Å²) in [5.74, 6) is -1.43. The lowest BCUT2D eigenvalue weighted by atomic mass is 9.45. The van der Waals surface area contributed by atoms with E-state index in [-0.39, 0.29) is 24.5 Å². The van der Waals surface area contributed by atoms with Crippen molar-refractivity contribution in [3.05, 3.63) is 11.6 Å². The number of carbonyl (C=O) groups excluding carboxylic acids is 2. The molecule has 37 heavy (non-hydrogen) atoms. The molecule has 0 bridgehead atoms. The Hall–Kier alpha value is -1.32. The highest BCUT2D eigenvalue weighted by Gasteiger charge is 2.69. The van der Waals surface area contributed by atoms with Crippen molar-refractivity contribution in [2.45, 2.75) is 128 Å². The van der Waals surface area contributed by atoms with Crippen LogP contribution in [0.15, 0.2) is 11.6 Å². The second-order valence-electron chi connectivity index (χ2n) is 13.7. The Morgan fingerprint density at radius 1 is 1.14 bits per heavy atom.